The summed E-state index contributed by atoms with van der Waals surface area (Å²) in [7, 11) is -2.99. The highest BCUT2D eigenvalue weighted by Crippen LogP contribution is 1.97. The van der Waals surface area contributed by atoms with E-state index >= 15 is 0 Å². The Kier molecular flexibility index (Phi) is 3.14. The van der Waals surface area contributed by atoms with Crippen LogP contribution in [0, 0.1) is 6.54 Å². The van der Waals surface area contributed by atoms with E-state index in [2.05, 4.69) is 0 Å². The van der Waals surface area contributed by atoms with E-state index in [-0.39, 0.29) is 0 Å². The maximum Gasteiger partial charge on any atom is 0.211 e. The van der Waals surface area contributed by atoms with Crippen molar-refractivity contribution in [3.05, 3.63) is 6.54 Å². The van der Waals surface area contributed by atoms with Crippen molar-refractivity contribution in [1.29, 1.82) is 0 Å². The third kappa shape index (κ3) is 2.81. The zero-order valence-electron chi connectivity index (χ0n) is 5.96. The minimum Gasteiger partial charge on any atom is -0.212 e. The first-order chi connectivity index (χ1) is 4.02. The fourth-order valence-electron chi connectivity index (χ4n) is 0.609. The fourth-order valence-corrected chi connectivity index (χ4v) is 1.46. The molecule has 0 fully saturated rings. The summed E-state index contributed by atoms with van der Waals surface area (Å²) in [6.07, 6.45) is 1.19. The van der Waals surface area contributed by atoms with Crippen LogP contribution in [0.15, 0.2) is 0 Å². The highest BCUT2D eigenvalue weighted by Gasteiger charge is 2.10. The zero-order valence-corrected chi connectivity index (χ0v) is 6.77. The molecule has 0 saturated carbocycles. The quantitative estimate of drug-likeness (QED) is 0.585. The third-order valence-corrected chi connectivity index (χ3v) is 2.35. The smallest absolute Gasteiger partial charge is 0.211 e. The Morgan fingerprint density at radius 2 is 2.00 bits per heavy atom. The number of nitrogens with zero attached hydrogens (tertiary/aromatic N) is 1. The SMILES string of the molecule is C[CH]N(CC)S(C)(=O)=O. The molecular formula is C5H12NO2S. The summed E-state index contributed by atoms with van der Waals surface area (Å²) < 4.78 is 22.7. The molecule has 0 amide bonds. The van der Waals surface area contributed by atoms with Crippen molar-refractivity contribution in [2.75, 3.05) is 12.8 Å². The van der Waals surface area contributed by atoms with Crippen molar-refractivity contribution >= 4 is 10.0 Å². The van der Waals surface area contributed by atoms with Gasteiger partial charge in [0.25, 0.3) is 0 Å². The molecule has 0 unspecified atom stereocenters. The second-order valence-corrected chi connectivity index (χ2v) is 3.66. The molecular weight excluding hydrogens is 138 g/mol. The molecule has 55 valence electrons. The van der Waals surface area contributed by atoms with Gasteiger partial charge in [0.1, 0.15) is 0 Å². The van der Waals surface area contributed by atoms with E-state index in [1.54, 1.807) is 20.4 Å². The fraction of sp³-hybridized carbons (Fsp3) is 0.800. The van der Waals surface area contributed by atoms with Crippen LogP contribution in [0.5, 0.6) is 0 Å². The monoisotopic (exact) mass is 150 g/mol. The minimum absolute atomic E-state index is 0.509. The Morgan fingerprint density at radius 1 is 1.56 bits per heavy atom. The molecule has 0 aliphatic rings. The molecule has 0 aromatic heterocycles. The van der Waals surface area contributed by atoms with Crippen molar-refractivity contribution in [3.8, 4) is 0 Å². The molecule has 0 aliphatic carbocycles. The van der Waals surface area contributed by atoms with Gasteiger partial charge in [-0.25, -0.2) is 8.42 Å². The van der Waals surface area contributed by atoms with E-state index in [9.17, 15) is 8.42 Å². The van der Waals surface area contributed by atoms with Crippen LogP contribution in [0.2, 0.25) is 0 Å². The first-order valence-electron chi connectivity index (χ1n) is 2.78. The molecule has 0 spiro atoms. The van der Waals surface area contributed by atoms with E-state index in [1.165, 1.54) is 10.6 Å². The van der Waals surface area contributed by atoms with E-state index in [1.807, 2.05) is 0 Å². The average molecular weight is 150 g/mol. The minimum atomic E-state index is -2.99. The molecule has 0 heterocycles. The Hall–Kier alpha value is -0.0900. The second kappa shape index (κ2) is 3.17. The van der Waals surface area contributed by atoms with Gasteiger partial charge in [-0.3, -0.25) is 0 Å². The average Bonchev–Trinajstić information content (AvgIpc) is 1.65. The van der Waals surface area contributed by atoms with Crippen molar-refractivity contribution in [2.45, 2.75) is 13.8 Å². The first kappa shape index (κ1) is 8.91. The van der Waals surface area contributed by atoms with Gasteiger partial charge in [-0.1, -0.05) is 6.92 Å². The lowest BCUT2D eigenvalue weighted by Gasteiger charge is -2.13. The molecule has 9 heavy (non-hydrogen) atoms. The highest BCUT2D eigenvalue weighted by atomic mass is 32.2. The Bertz CT molecular complexity index is 158. The maximum absolute atomic E-state index is 10.7. The van der Waals surface area contributed by atoms with E-state index < -0.39 is 10.0 Å². The second-order valence-electron chi connectivity index (χ2n) is 1.72. The number of rotatable bonds is 3. The van der Waals surface area contributed by atoms with Gasteiger partial charge in [-0.05, 0) is 6.92 Å². The van der Waals surface area contributed by atoms with E-state index in [4.69, 9.17) is 0 Å². The summed E-state index contributed by atoms with van der Waals surface area (Å²) >= 11 is 0. The molecule has 0 aromatic rings. The molecule has 1 radical (unpaired) electrons. The zero-order chi connectivity index (χ0) is 7.49. The summed E-state index contributed by atoms with van der Waals surface area (Å²) in [5.74, 6) is 0. The van der Waals surface area contributed by atoms with Gasteiger partial charge in [0.2, 0.25) is 10.0 Å². The summed E-state index contributed by atoms with van der Waals surface area (Å²) in [6, 6.07) is 0. The van der Waals surface area contributed by atoms with Crippen LogP contribution in [0.4, 0.5) is 0 Å². The Balaban J connectivity index is 4.14. The van der Waals surface area contributed by atoms with Crippen molar-refractivity contribution in [1.82, 2.24) is 4.31 Å². The molecule has 3 nitrogen and oxygen atoms in total. The maximum atomic E-state index is 10.7. The van der Waals surface area contributed by atoms with Gasteiger partial charge in [0.05, 0.1) is 6.26 Å². The number of hydrogen-bond donors (Lipinski definition) is 0. The highest BCUT2D eigenvalue weighted by molar-refractivity contribution is 7.88. The first-order valence-corrected chi connectivity index (χ1v) is 4.63. The van der Waals surface area contributed by atoms with Gasteiger partial charge in [-0.2, -0.15) is 4.31 Å². The Labute approximate surface area is 56.7 Å². The molecule has 0 bridgehead atoms. The van der Waals surface area contributed by atoms with Gasteiger partial charge in [0.15, 0.2) is 0 Å². The molecule has 0 aliphatic heterocycles. The van der Waals surface area contributed by atoms with Crippen LogP contribution in [-0.2, 0) is 10.0 Å². The van der Waals surface area contributed by atoms with Crippen LogP contribution in [0.3, 0.4) is 0 Å². The topological polar surface area (TPSA) is 37.4 Å². The van der Waals surface area contributed by atoms with Crippen molar-refractivity contribution in [3.63, 3.8) is 0 Å². The van der Waals surface area contributed by atoms with E-state index in [0.717, 1.165) is 0 Å². The Morgan fingerprint density at radius 3 is 2.00 bits per heavy atom. The third-order valence-electron chi connectivity index (χ3n) is 1.03. The van der Waals surface area contributed by atoms with Crippen LogP contribution in [0.1, 0.15) is 13.8 Å². The largest absolute Gasteiger partial charge is 0.212 e. The molecule has 4 heteroatoms. The summed E-state index contributed by atoms with van der Waals surface area (Å²) in [5.41, 5.74) is 0. The lowest BCUT2D eigenvalue weighted by Crippen LogP contribution is -2.25. The lowest BCUT2D eigenvalue weighted by molar-refractivity contribution is 0.492. The van der Waals surface area contributed by atoms with Crippen LogP contribution in [-0.4, -0.2) is 25.5 Å². The van der Waals surface area contributed by atoms with Crippen LogP contribution < -0.4 is 0 Å². The van der Waals surface area contributed by atoms with Crippen molar-refractivity contribution in [2.24, 2.45) is 0 Å². The summed E-state index contributed by atoms with van der Waals surface area (Å²) in [5, 5.41) is 0. The van der Waals surface area contributed by atoms with Crippen LogP contribution in [0.25, 0.3) is 0 Å². The normalized spacial score (nSPS) is 12.4. The summed E-state index contributed by atoms with van der Waals surface area (Å²) in [4.78, 5) is 0. The number of hydrogen-bond acceptors (Lipinski definition) is 2. The van der Waals surface area contributed by atoms with Crippen molar-refractivity contribution < 1.29 is 8.42 Å². The lowest BCUT2D eigenvalue weighted by atomic mass is 10.7. The number of sulfonamides is 1. The van der Waals surface area contributed by atoms with Gasteiger partial charge in [-0.15, -0.1) is 0 Å². The summed E-state index contributed by atoms with van der Waals surface area (Å²) in [6.45, 7) is 5.55. The standard InChI is InChI=1S/C5H12NO2S/c1-4-6(5-2)9(3,7)8/h4H,5H2,1-3H3. The molecule has 0 N–H and O–H groups in total. The molecule has 0 atom stereocenters. The molecule has 0 aromatic carbocycles. The van der Waals surface area contributed by atoms with Gasteiger partial charge < -0.3 is 0 Å². The van der Waals surface area contributed by atoms with Gasteiger partial charge >= 0.3 is 0 Å². The molecule has 0 rings (SSSR count). The predicted molar refractivity (Wildman–Crippen MR) is 37.2 cm³/mol. The van der Waals surface area contributed by atoms with Gasteiger partial charge in [0, 0.05) is 13.1 Å². The van der Waals surface area contributed by atoms with Crippen LogP contribution >= 0.6 is 0 Å². The van der Waals surface area contributed by atoms with E-state index in [0.29, 0.717) is 6.54 Å². The molecule has 0 saturated heterocycles. The predicted octanol–water partition coefficient (Wildman–Crippen LogP) is 0.450.